The first-order valence-electron chi connectivity index (χ1n) is 8.66. The summed E-state index contributed by atoms with van der Waals surface area (Å²) in [6.07, 6.45) is -0.885. The minimum Gasteiger partial charge on any atom is -0.463 e. The van der Waals surface area contributed by atoms with Crippen LogP contribution in [0.1, 0.15) is 13.3 Å². The average molecular weight is 403 g/mol. The van der Waals surface area contributed by atoms with E-state index in [2.05, 4.69) is 10.4 Å². The van der Waals surface area contributed by atoms with E-state index in [9.17, 15) is 22.8 Å². The third-order valence-corrected chi connectivity index (χ3v) is 3.96. The molecule has 0 bridgehead atoms. The molecule has 1 heterocycles. The van der Waals surface area contributed by atoms with Crippen molar-refractivity contribution in [1.82, 2.24) is 9.78 Å². The number of benzene rings is 2. The lowest BCUT2D eigenvalue weighted by molar-refractivity contribution is -0.123. The van der Waals surface area contributed by atoms with Crippen LogP contribution in [0.4, 0.5) is 18.9 Å². The van der Waals surface area contributed by atoms with E-state index in [1.165, 1.54) is 36.4 Å². The molecule has 0 aliphatic rings. The van der Waals surface area contributed by atoms with Gasteiger partial charge in [-0.1, -0.05) is 6.92 Å². The second kappa shape index (κ2) is 8.59. The Hall–Kier alpha value is -3.62. The van der Waals surface area contributed by atoms with Gasteiger partial charge in [0.25, 0.3) is 11.5 Å². The van der Waals surface area contributed by atoms with Crippen molar-refractivity contribution in [3.8, 4) is 11.6 Å². The molecule has 1 amide bonds. The number of halogens is 3. The van der Waals surface area contributed by atoms with Gasteiger partial charge in [0.05, 0.1) is 11.4 Å². The molecule has 0 saturated heterocycles. The molecule has 0 saturated carbocycles. The molecule has 3 rings (SSSR count). The standard InChI is InChI=1S/C20H16F3N3O3/c1-2-17(20(28)24-16-11-13(22)5-8-15(16)23)29-18-9-10-19(27)26(25-18)14-6-3-12(21)4-7-14/h3-11,17H,2H2,1H3,(H,24,28)/t17-/m0/s1. The van der Waals surface area contributed by atoms with E-state index in [0.29, 0.717) is 5.69 Å². The Morgan fingerprint density at radius 3 is 2.45 bits per heavy atom. The van der Waals surface area contributed by atoms with Gasteiger partial charge in [-0.05, 0) is 42.8 Å². The Balaban J connectivity index is 1.81. The Labute approximate surface area is 163 Å². The molecule has 9 heteroatoms. The first-order chi connectivity index (χ1) is 13.9. The highest BCUT2D eigenvalue weighted by Gasteiger charge is 2.21. The fourth-order valence-corrected chi connectivity index (χ4v) is 2.50. The predicted molar refractivity (Wildman–Crippen MR) is 99.5 cm³/mol. The van der Waals surface area contributed by atoms with Gasteiger partial charge < -0.3 is 10.1 Å². The monoisotopic (exact) mass is 403 g/mol. The van der Waals surface area contributed by atoms with E-state index in [4.69, 9.17) is 4.74 Å². The molecule has 0 aliphatic carbocycles. The zero-order chi connectivity index (χ0) is 21.0. The largest absolute Gasteiger partial charge is 0.463 e. The number of carbonyl (C=O) groups excluding carboxylic acids is 1. The van der Waals surface area contributed by atoms with Crippen LogP contribution in [-0.2, 0) is 4.79 Å². The Kier molecular flexibility index (Phi) is 5.96. The van der Waals surface area contributed by atoms with Gasteiger partial charge in [0.2, 0.25) is 5.88 Å². The van der Waals surface area contributed by atoms with Crippen molar-refractivity contribution in [3.05, 3.63) is 82.4 Å². The summed E-state index contributed by atoms with van der Waals surface area (Å²) in [6.45, 7) is 1.65. The van der Waals surface area contributed by atoms with Crippen LogP contribution in [0.3, 0.4) is 0 Å². The number of aromatic nitrogens is 2. The van der Waals surface area contributed by atoms with Crippen molar-refractivity contribution in [2.24, 2.45) is 0 Å². The topological polar surface area (TPSA) is 73.2 Å². The molecular formula is C20H16F3N3O3. The van der Waals surface area contributed by atoms with Crippen molar-refractivity contribution in [2.45, 2.75) is 19.4 Å². The summed E-state index contributed by atoms with van der Waals surface area (Å²) in [4.78, 5) is 24.5. The minimum absolute atomic E-state index is 0.0457. The van der Waals surface area contributed by atoms with Gasteiger partial charge in [0, 0.05) is 18.2 Å². The molecule has 0 unspecified atom stereocenters. The summed E-state index contributed by atoms with van der Waals surface area (Å²) in [6, 6.07) is 10.2. The van der Waals surface area contributed by atoms with Crippen LogP contribution in [0.5, 0.6) is 5.88 Å². The summed E-state index contributed by atoms with van der Waals surface area (Å²) in [5.74, 6) is -2.73. The molecule has 0 spiro atoms. The van der Waals surface area contributed by atoms with Gasteiger partial charge in [0.15, 0.2) is 6.10 Å². The lowest BCUT2D eigenvalue weighted by Crippen LogP contribution is -2.33. The third kappa shape index (κ3) is 4.81. The van der Waals surface area contributed by atoms with E-state index in [0.717, 1.165) is 22.9 Å². The molecule has 6 nitrogen and oxygen atoms in total. The number of ether oxygens (including phenoxy) is 1. The van der Waals surface area contributed by atoms with Gasteiger partial charge >= 0.3 is 0 Å². The normalized spacial score (nSPS) is 11.7. The second-order valence-corrected chi connectivity index (χ2v) is 6.03. The lowest BCUT2D eigenvalue weighted by atomic mass is 10.2. The fourth-order valence-electron chi connectivity index (χ4n) is 2.50. The van der Waals surface area contributed by atoms with E-state index in [1.807, 2.05) is 0 Å². The van der Waals surface area contributed by atoms with Gasteiger partial charge in [-0.2, -0.15) is 4.68 Å². The van der Waals surface area contributed by atoms with Gasteiger partial charge in [-0.15, -0.1) is 5.10 Å². The number of hydrogen-bond donors (Lipinski definition) is 1. The first kappa shape index (κ1) is 20.1. The van der Waals surface area contributed by atoms with Crippen LogP contribution in [-0.4, -0.2) is 21.8 Å². The molecule has 1 aromatic heterocycles. The number of rotatable bonds is 6. The molecule has 3 aromatic rings. The molecule has 150 valence electrons. The van der Waals surface area contributed by atoms with E-state index in [-0.39, 0.29) is 18.0 Å². The van der Waals surface area contributed by atoms with Crippen LogP contribution in [0.25, 0.3) is 5.69 Å². The quantitative estimate of drug-likeness (QED) is 0.684. The smallest absolute Gasteiger partial charge is 0.271 e. The predicted octanol–water partition coefficient (Wildman–Crippen LogP) is 3.45. The lowest BCUT2D eigenvalue weighted by Gasteiger charge is -2.17. The maximum Gasteiger partial charge on any atom is 0.271 e. The second-order valence-electron chi connectivity index (χ2n) is 6.03. The van der Waals surface area contributed by atoms with Crippen molar-refractivity contribution >= 4 is 11.6 Å². The molecule has 0 fully saturated rings. The summed E-state index contributed by atoms with van der Waals surface area (Å²) in [7, 11) is 0. The Morgan fingerprint density at radius 1 is 1.07 bits per heavy atom. The zero-order valence-electron chi connectivity index (χ0n) is 15.2. The van der Waals surface area contributed by atoms with Gasteiger partial charge in [-0.3, -0.25) is 9.59 Å². The SMILES string of the molecule is CC[C@H](Oc1ccc(=O)n(-c2ccc(F)cc2)n1)C(=O)Nc1cc(F)ccc1F. The first-order valence-corrected chi connectivity index (χ1v) is 8.66. The number of nitrogens with zero attached hydrogens (tertiary/aromatic N) is 2. The molecule has 1 N–H and O–H groups in total. The number of nitrogens with one attached hydrogen (secondary N) is 1. The number of hydrogen-bond acceptors (Lipinski definition) is 4. The van der Waals surface area contributed by atoms with Crippen LogP contribution in [0, 0.1) is 17.5 Å². The molecule has 0 aliphatic heterocycles. The summed E-state index contributed by atoms with van der Waals surface area (Å²) in [5.41, 5.74) is -0.495. The highest BCUT2D eigenvalue weighted by molar-refractivity contribution is 5.94. The maximum absolute atomic E-state index is 13.7. The van der Waals surface area contributed by atoms with E-state index >= 15 is 0 Å². The van der Waals surface area contributed by atoms with E-state index in [1.54, 1.807) is 6.92 Å². The number of carbonyl (C=O) groups is 1. The summed E-state index contributed by atoms with van der Waals surface area (Å²) in [5, 5.41) is 6.30. The molecule has 29 heavy (non-hydrogen) atoms. The van der Waals surface area contributed by atoms with Crippen LogP contribution >= 0.6 is 0 Å². The highest BCUT2D eigenvalue weighted by atomic mass is 19.1. The van der Waals surface area contributed by atoms with Crippen LogP contribution in [0.15, 0.2) is 59.4 Å². The number of anilines is 1. The van der Waals surface area contributed by atoms with Crippen molar-refractivity contribution < 1.29 is 22.7 Å². The molecule has 2 aromatic carbocycles. The van der Waals surface area contributed by atoms with E-state index < -0.39 is 35.0 Å². The molecule has 0 radical (unpaired) electrons. The van der Waals surface area contributed by atoms with Crippen molar-refractivity contribution in [2.75, 3.05) is 5.32 Å². The van der Waals surface area contributed by atoms with Gasteiger partial charge in [0.1, 0.15) is 17.5 Å². The summed E-state index contributed by atoms with van der Waals surface area (Å²) >= 11 is 0. The highest BCUT2D eigenvalue weighted by Crippen LogP contribution is 2.17. The summed E-state index contributed by atoms with van der Waals surface area (Å²) < 4.78 is 46.6. The minimum atomic E-state index is -1.08. The van der Waals surface area contributed by atoms with Crippen LogP contribution < -0.4 is 15.6 Å². The van der Waals surface area contributed by atoms with Crippen molar-refractivity contribution in [3.63, 3.8) is 0 Å². The average Bonchev–Trinajstić information content (AvgIpc) is 2.70. The molecular weight excluding hydrogens is 387 g/mol. The Morgan fingerprint density at radius 2 is 1.76 bits per heavy atom. The molecule has 1 atom stereocenters. The zero-order valence-corrected chi connectivity index (χ0v) is 15.2. The van der Waals surface area contributed by atoms with Gasteiger partial charge in [-0.25, -0.2) is 13.2 Å². The number of amides is 1. The fraction of sp³-hybridized carbons (Fsp3) is 0.150. The van der Waals surface area contributed by atoms with Crippen molar-refractivity contribution in [1.29, 1.82) is 0 Å². The third-order valence-electron chi connectivity index (χ3n) is 3.96. The maximum atomic E-state index is 13.7. The Bertz CT molecular complexity index is 1080. The van der Waals surface area contributed by atoms with Crippen LogP contribution in [0.2, 0.25) is 0 Å².